The molecule has 0 radical (unpaired) electrons. The zero-order valence-corrected chi connectivity index (χ0v) is 12.5. The van der Waals surface area contributed by atoms with Crippen molar-refractivity contribution in [3.63, 3.8) is 0 Å². The van der Waals surface area contributed by atoms with Gasteiger partial charge in [0, 0.05) is 30.9 Å². The van der Waals surface area contributed by atoms with Gasteiger partial charge in [0.15, 0.2) is 15.8 Å². The molecule has 100 valence electrons. The summed E-state index contributed by atoms with van der Waals surface area (Å²) < 4.78 is 28.6. The number of sulfonamides is 1. The fourth-order valence-corrected chi connectivity index (χ4v) is 4.05. The first kappa shape index (κ1) is 13.7. The maximum atomic E-state index is 12.2. The lowest BCUT2D eigenvalue weighted by molar-refractivity contribution is 0.580. The van der Waals surface area contributed by atoms with Gasteiger partial charge in [-0.1, -0.05) is 0 Å². The zero-order valence-electron chi connectivity index (χ0n) is 10.0. The van der Waals surface area contributed by atoms with Gasteiger partial charge in [-0.2, -0.15) is 11.8 Å². The Labute approximate surface area is 114 Å². The van der Waals surface area contributed by atoms with E-state index in [1.807, 2.05) is 11.6 Å². The van der Waals surface area contributed by atoms with Crippen molar-refractivity contribution in [1.29, 1.82) is 0 Å². The molecule has 2 aromatic rings. The topological polar surface area (TPSA) is 75.5 Å². The summed E-state index contributed by atoms with van der Waals surface area (Å²) in [7, 11) is -1.89. The van der Waals surface area contributed by atoms with E-state index in [4.69, 9.17) is 0 Å². The number of nitrogens with one attached hydrogen (secondary N) is 2. The molecule has 0 aliphatic heterocycles. The first-order valence-electron chi connectivity index (χ1n) is 5.22. The van der Waals surface area contributed by atoms with Crippen LogP contribution >= 0.6 is 23.1 Å². The van der Waals surface area contributed by atoms with E-state index in [-0.39, 0.29) is 5.03 Å². The van der Waals surface area contributed by atoms with E-state index in [1.54, 1.807) is 29.4 Å². The highest BCUT2D eigenvalue weighted by Crippen LogP contribution is 2.24. The van der Waals surface area contributed by atoms with Gasteiger partial charge in [-0.15, -0.1) is 11.3 Å². The van der Waals surface area contributed by atoms with Crippen LogP contribution in [0.5, 0.6) is 0 Å². The lowest BCUT2D eigenvalue weighted by Crippen LogP contribution is -2.27. The number of thioether (sulfide) groups is 1. The molecule has 0 aliphatic carbocycles. The summed E-state index contributed by atoms with van der Waals surface area (Å²) in [6.45, 7) is 0.407. The molecule has 9 heteroatoms. The minimum absolute atomic E-state index is 0.169. The van der Waals surface area contributed by atoms with Crippen LogP contribution < -0.4 is 10.0 Å². The van der Waals surface area contributed by atoms with Crippen LogP contribution in [-0.2, 0) is 10.0 Å². The Morgan fingerprint density at radius 3 is 3.00 bits per heavy atom. The van der Waals surface area contributed by atoms with Crippen LogP contribution in [0.3, 0.4) is 0 Å². The van der Waals surface area contributed by atoms with E-state index in [0.717, 1.165) is 5.75 Å². The van der Waals surface area contributed by atoms with Crippen molar-refractivity contribution in [2.24, 2.45) is 0 Å². The first-order chi connectivity index (χ1) is 8.60. The van der Waals surface area contributed by atoms with Crippen molar-refractivity contribution in [3.05, 3.63) is 11.6 Å². The fraction of sp³-hybridized carbons (Fsp3) is 0.444. The van der Waals surface area contributed by atoms with Gasteiger partial charge < -0.3 is 5.32 Å². The van der Waals surface area contributed by atoms with Gasteiger partial charge in [-0.05, 0) is 6.26 Å². The van der Waals surface area contributed by atoms with E-state index in [2.05, 4.69) is 15.0 Å². The van der Waals surface area contributed by atoms with Crippen LogP contribution in [0.25, 0.3) is 4.96 Å². The predicted octanol–water partition coefficient (Wildman–Crippen LogP) is 1.08. The Balaban J connectivity index is 2.41. The first-order valence-corrected chi connectivity index (χ1v) is 8.97. The van der Waals surface area contributed by atoms with Crippen molar-refractivity contribution in [1.82, 2.24) is 14.1 Å². The molecule has 0 aliphatic rings. The summed E-state index contributed by atoms with van der Waals surface area (Å²) >= 11 is 2.99. The number of imidazole rings is 1. The monoisotopic (exact) mass is 306 g/mol. The van der Waals surface area contributed by atoms with Crippen LogP contribution in [-0.4, -0.2) is 43.4 Å². The van der Waals surface area contributed by atoms with Crippen molar-refractivity contribution in [3.8, 4) is 0 Å². The van der Waals surface area contributed by atoms with E-state index in [1.165, 1.54) is 11.3 Å². The molecule has 0 fully saturated rings. The maximum Gasteiger partial charge on any atom is 0.260 e. The van der Waals surface area contributed by atoms with Crippen LogP contribution in [0, 0.1) is 0 Å². The SMILES string of the molecule is CNc1nc2sccn2c1S(=O)(=O)NCCSC. The van der Waals surface area contributed by atoms with Crippen molar-refractivity contribution in [2.45, 2.75) is 5.03 Å². The minimum Gasteiger partial charge on any atom is -0.371 e. The summed E-state index contributed by atoms with van der Waals surface area (Å²) in [5, 5.41) is 4.80. The molecule has 0 atom stereocenters. The number of fused-ring (bicyclic) bond motifs is 1. The zero-order chi connectivity index (χ0) is 13.2. The summed E-state index contributed by atoms with van der Waals surface area (Å²) in [6, 6.07) is 0. The molecule has 2 aromatic heterocycles. The molecule has 18 heavy (non-hydrogen) atoms. The molecular formula is C9H14N4O2S3. The number of aromatic nitrogens is 2. The number of anilines is 1. The summed E-state index contributed by atoms with van der Waals surface area (Å²) in [5.74, 6) is 1.11. The highest BCUT2D eigenvalue weighted by molar-refractivity contribution is 7.98. The fourth-order valence-electron chi connectivity index (χ4n) is 1.53. The Morgan fingerprint density at radius 2 is 2.33 bits per heavy atom. The second-order valence-electron chi connectivity index (χ2n) is 3.46. The van der Waals surface area contributed by atoms with E-state index < -0.39 is 10.0 Å². The maximum absolute atomic E-state index is 12.2. The molecular weight excluding hydrogens is 292 g/mol. The largest absolute Gasteiger partial charge is 0.371 e. The lowest BCUT2D eigenvalue weighted by Gasteiger charge is -2.06. The Kier molecular flexibility index (Phi) is 4.15. The molecule has 0 saturated heterocycles. The summed E-state index contributed by atoms with van der Waals surface area (Å²) in [4.78, 5) is 4.89. The smallest absolute Gasteiger partial charge is 0.260 e. The quantitative estimate of drug-likeness (QED) is 0.781. The standard InChI is InChI=1S/C9H14N4O2S3/c1-10-7-8(13-4-6-17-9(13)12-7)18(14,15)11-3-5-16-2/h4,6,10-11H,3,5H2,1-2H3. The van der Waals surface area contributed by atoms with E-state index in [0.29, 0.717) is 17.3 Å². The molecule has 2 rings (SSSR count). The third-order valence-electron chi connectivity index (χ3n) is 2.31. The second-order valence-corrected chi connectivity index (χ2v) is 7.00. The third kappa shape index (κ3) is 2.48. The van der Waals surface area contributed by atoms with Crippen LogP contribution in [0.1, 0.15) is 0 Å². The number of thiazole rings is 1. The van der Waals surface area contributed by atoms with Crippen molar-refractivity contribution in [2.75, 3.05) is 30.9 Å². The predicted molar refractivity (Wildman–Crippen MR) is 76.2 cm³/mol. The highest BCUT2D eigenvalue weighted by Gasteiger charge is 2.24. The van der Waals surface area contributed by atoms with Crippen LogP contribution in [0.2, 0.25) is 0 Å². The van der Waals surface area contributed by atoms with Gasteiger partial charge in [0.2, 0.25) is 0 Å². The number of rotatable bonds is 6. The number of nitrogens with zero attached hydrogens (tertiary/aromatic N) is 2. The Bertz CT molecular complexity index is 631. The van der Waals surface area contributed by atoms with Crippen molar-refractivity contribution >= 4 is 43.9 Å². The second kappa shape index (κ2) is 5.47. The molecule has 0 spiro atoms. The lowest BCUT2D eigenvalue weighted by atomic mass is 10.7. The molecule has 2 heterocycles. The Hall–Kier alpha value is -0.770. The third-order valence-corrected chi connectivity index (χ3v) is 5.16. The normalized spacial score (nSPS) is 12.1. The van der Waals surface area contributed by atoms with Gasteiger partial charge in [0.1, 0.15) is 0 Å². The summed E-state index contributed by atoms with van der Waals surface area (Å²) in [6.07, 6.45) is 3.64. The van der Waals surface area contributed by atoms with E-state index >= 15 is 0 Å². The molecule has 0 amide bonds. The molecule has 0 unspecified atom stereocenters. The van der Waals surface area contributed by atoms with Crippen LogP contribution in [0.4, 0.5) is 5.82 Å². The van der Waals surface area contributed by atoms with Gasteiger partial charge in [-0.25, -0.2) is 18.1 Å². The molecule has 6 nitrogen and oxygen atoms in total. The van der Waals surface area contributed by atoms with Gasteiger partial charge >= 0.3 is 0 Å². The molecule has 0 aromatic carbocycles. The molecule has 0 bridgehead atoms. The minimum atomic E-state index is -3.55. The molecule has 2 N–H and O–H groups in total. The van der Waals surface area contributed by atoms with Gasteiger partial charge in [0.05, 0.1) is 0 Å². The van der Waals surface area contributed by atoms with Crippen LogP contribution in [0.15, 0.2) is 16.6 Å². The molecule has 0 saturated carbocycles. The van der Waals surface area contributed by atoms with Gasteiger partial charge in [-0.3, -0.25) is 4.40 Å². The van der Waals surface area contributed by atoms with Gasteiger partial charge in [0.25, 0.3) is 10.0 Å². The van der Waals surface area contributed by atoms with E-state index in [9.17, 15) is 8.42 Å². The number of hydrogen-bond donors (Lipinski definition) is 2. The number of hydrogen-bond acceptors (Lipinski definition) is 6. The average molecular weight is 306 g/mol. The summed E-state index contributed by atoms with van der Waals surface area (Å²) in [5.41, 5.74) is 0. The highest BCUT2D eigenvalue weighted by atomic mass is 32.2. The van der Waals surface area contributed by atoms with Crippen molar-refractivity contribution < 1.29 is 8.42 Å². The Morgan fingerprint density at radius 1 is 1.56 bits per heavy atom. The average Bonchev–Trinajstić information content (AvgIpc) is 2.87.